The monoisotopic (exact) mass is 165 g/mol. The first-order valence-corrected chi connectivity index (χ1v) is 4.59. The first-order chi connectivity index (χ1) is 5.86. The Morgan fingerprint density at radius 1 is 1.67 bits per heavy atom. The van der Waals surface area contributed by atoms with Crippen LogP contribution < -0.4 is 5.32 Å². The van der Waals surface area contributed by atoms with Gasteiger partial charge in [-0.25, -0.2) is 0 Å². The molecular weight excluding hydrogens is 150 g/mol. The summed E-state index contributed by atoms with van der Waals surface area (Å²) in [6.07, 6.45) is 4.60. The molecule has 1 N–H and O–H groups in total. The number of piperidine rings is 1. The summed E-state index contributed by atoms with van der Waals surface area (Å²) in [5.41, 5.74) is 1.11. The quantitative estimate of drug-likeness (QED) is 0.675. The maximum Gasteiger partial charge on any atom is 0.0644 e. The highest BCUT2D eigenvalue weighted by molar-refractivity contribution is 4.96. The van der Waals surface area contributed by atoms with E-state index in [-0.39, 0.29) is 0 Å². The third kappa shape index (κ3) is 1.50. The van der Waals surface area contributed by atoms with E-state index in [1.807, 2.05) is 6.92 Å². The molecule has 66 valence electrons. The van der Waals surface area contributed by atoms with Crippen LogP contribution in [0.15, 0.2) is 12.3 Å². The highest BCUT2D eigenvalue weighted by Gasteiger charge is 2.14. The zero-order chi connectivity index (χ0) is 8.39. The normalized spacial score (nSPS) is 24.2. The summed E-state index contributed by atoms with van der Waals surface area (Å²) in [5.74, 6) is 0. The van der Waals surface area contributed by atoms with Gasteiger partial charge in [0.05, 0.1) is 11.7 Å². The molecule has 12 heavy (non-hydrogen) atoms. The average molecular weight is 165 g/mol. The summed E-state index contributed by atoms with van der Waals surface area (Å²) < 4.78 is 2.08. The van der Waals surface area contributed by atoms with E-state index in [2.05, 4.69) is 27.4 Å². The molecule has 1 aliphatic heterocycles. The van der Waals surface area contributed by atoms with Crippen molar-refractivity contribution in [1.82, 2.24) is 15.1 Å². The molecule has 0 aliphatic carbocycles. The van der Waals surface area contributed by atoms with Gasteiger partial charge in [-0.15, -0.1) is 0 Å². The van der Waals surface area contributed by atoms with Crippen molar-refractivity contribution in [3.8, 4) is 0 Å². The van der Waals surface area contributed by atoms with Crippen LogP contribution in [0, 0.1) is 6.92 Å². The molecule has 0 saturated carbocycles. The number of hydrogen-bond acceptors (Lipinski definition) is 2. The van der Waals surface area contributed by atoms with Crippen molar-refractivity contribution in [3.63, 3.8) is 0 Å². The number of rotatable bonds is 1. The van der Waals surface area contributed by atoms with E-state index in [9.17, 15) is 0 Å². The summed E-state index contributed by atoms with van der Waals surface area (Å²) >= 11 is 0. The number of hydrogen-bond donors (Lipinski definition) is 1. The van der Waals surface area contributed by atoms with Crippen LogP contribution in [0.5, 0.6) is 0 Å². The predicted octanol–water partition coefficient (Wildman–Crippen LogP) is 1.12. The molecule has 3 nitrogen and oxygen atoms in total. The maximum atomic E-state index is 4.41. The highest BCUT2D eigenvalue weighted by atomic mass is 15.3. The van der Waals surface area contributed by atoms with E-state index in [1.54, 1.807) is 0 Å². The number of nitrogens with one attached hydrogen (secondary N) is 1. The molecule has 1 aliphatic rings. The maximum absolute atomic E-state index is 4.41. The van der Waals surface area contributed by atoms with Gasteiger partial charge in [0.1, 0.15) is 0 Å². The van der Waals surface area contributed by atoms with Crippen LogP contribution >= 0.6 is 0 Å². The first kappa shape index (κ1) is 7.80. The SMILES string of the molecule is Cc1ccn([C@H]2CCCNC2)n1. The molecule has 1 fully saturated rings. The molecule has 0 bridgehead atoms. The summed E-state index contributed by atoms with van der Waals surface area (Å²) in [6, 6.07) is 2.64. The van der Waals surface area contributed by atoms with Gasteiger partial charge in [-0.1, -0.05) is 0 Å². The van der Waals surface area contributed by atoms with Crippen molar-refractivity contribution in [2.75, 3.05) is 13.1 Å². The third-order valence-electron chi connectivity index (χ3n) is 2.39. The molecule has 0 aromatic carbocycles. The van der Waals surface area contributed by atoms with Crippen LogP contribution in [-0.2, 0) is 0 Å². The standard InChI is InChI=1S/C9H15N3/c1-8-4-6-12(11-8)9-3-2-5-10-7-9/h4,6,9-10H,2-3,5,7H2,1H3/t9-/m0/s1. The van der Waals surface area contributed by atoms with Gasteiger partial charge in [0, 0.05) is 12.7 Å². The van der Waals surface area contributed by atoms with Crippen molar-refractivity contribution in [1.29, 1.82) is 0 Å². The lowest BCUT2D eigenvalue weighted by Gasteiger charge is -2.22. The van der Waals surface area contributed by atoms with E-state index in [0.717, 1.165) is 18.8 Å². The van der Waals surface area contributed by atoms with Crippen molar-refractivity contribution >= 4 is 0 Å². The molecule has 3 heteroatoms. The fraction of sp³-hybridized carbons (Fsp3) is 0.667. The molecule has 1 aromatic heterocycles. The Hall–Kier alpha value is -0.830. The zero-order valence-corrected chi connectivity index (χ0v) is 7.45. The Morgan fingerprint density at radius 3 is 3.17 bits per heavy atom. The van der Waals surface area contributed by atoms with Crippen LogP contribution in [0.4, 0.5) is 0 Å². The van der Waals surface area contributed by atoms with Gasteiger partial charge in [-0.05, 0) is 32.4 Å². The molecule has 0 unspecified atom stereocenters. The second kappa shape index (κ2) is 3.27. The lowest BCUT2D eigenvalue weighted by Crippen LogP contribution is -2.31. The number of aromatic nitrogens is 2. The Kier molecular flexibility index (Phi) is 2.13. The highest BCUT2D eigenvalue weighted by Crippen LogP contribution is 2.15. The minimum absolute atomic E-state index is 0.576. The number of nitrogens with zero attached hydrogens (tertiary/aromatic N) is 2. The Morgan fingerprint density at radius 2 is 2.58 bits per heavy atom. The van der Waals surface area contributed by atoms with Crippen LogP contribution in [0.2, 0.25) is 0 Å². The largest absolute Gasteiger partial charge is 0.315 e. The fourth-order valence-electron chi connectivity index (χ4n) is 1.70. The van der Waals surface area contributed by atoms with Crippen molar-refractivity contribution in [2.45, 2.75) is 25.8 Å². The van der Waals surface area contributed by atoms with Crippen molar-refractivity contribution < 1.29 is 0 Å². The minimum Gasteiger partial charge on any atom is -0.315 e. The minimum atomic E-state index is 0.576. The molecule has 1 aromatic rings. The predicted molar refractivity (Wildman–Crippen MR) is 48.1 cm³/mol. The van der Waals surface area contributed by atoms with Gasteiger partial charge < -0.3 is 5.32 Å². The zero-order valence-electron chi connectivity index (χ0n) is 7.45. The Labute approximate surface area is 72.8 Å². The lowest BCUT2D eigenvalue weighted by molar-refractivity contribution is 0.346. The lowest BCUT2D eigenvalue weighted by atomic mass is 10.1. The molecule has 2 rings (SSSR count). The van der Waals surface area contributed by atoms with Crippen LogP contribution in [-0.4, -0.2) is 22.9 Å². The van der Waals surface area contributed by atoms with Gasteiger partial charge >= 0.3 is 0 Å². The van der Waals surface area contributed by atoms with Crippen LogP contribution in [0.25, 0.3) is 0 Å². The van der Waals surface area contributed by atoms with E-state index < -0.39 is 0 Å². The summed E-state index contributed by atoms with van der Waals surface area (Å²) in [7, 11) is 0. The molecule has 1 atom stereocenters. The summed E-state index contributed by atoms with van der Waals surface area (Å²) in [4.78, 5) is 0. The molecule has 2 heterocycles. The van der Waals surface area contributed by atoms with Gasteiger partial charge in [0.2, 0.25) is 0 Å². The smallest absolute Gasteiger partial charge is 0.0644 e. The second-order valence-corrected chi connectivity index (χ2v) is 3.44. The van der Waals surface area contributed by atoms with Gasteiger partial charge in [0.25, 0.3) is 0 Å². The molecule has 1 saturated heterocycles. The van der Waals surface area contributed by atoms with Gasteiger partial charge in [-0.2, -0.15) is 5.10 Å². The molecule has 0 amide bonds. The van der Waals surface area contributed by atoms with E-state index >= 15 is 0 Å². The first-order valence-electron chi connectivity index (χ1n) is 4.59. The number of aryl methyl sites for hydroxylation is 1. The van der Waals surface area contributed by atoms with Gasteiger partial charge in [0.15, 0.2) is 0 Å². The van der Waals surface area contributed by atoms with E-state index in [4.69, 9.17) is 0 Å². The Balaban J connectivity index is 2.08. The topological polar surface area (TPSA) is 29.9 Å². The van der Waals surface area contributed by atoms with Gasteiger partial charge in [-0.3, -0.25) is 4.68 Å². The van der Waals surface area contributed by atoms with E-state index in [0.29, 0.717) is 6.04 Å². The summed E-state index contributed by atoms with van der Waals surface area (Å²) in [5, 5.41) is 7.79. The van der Waals surface area contributed by atoms with Crippen LogP contribution in [0.1, 0.15) is 24.6 Å². The average Bonchev–Trinajstić information content (AvgIpc) is 2.54. The fourth-order valence-corrected chi connectivity index (χ4v) is 1.70. The third-order valence-corrected chi connectivity index (χ3v) is 2.39. The molecule has 0 spiro atoms. The molecule has 0 radical (unpaired) electrons. The summed E-state index contributed by atoms with van der Waals surface area (Å²) in [6.45, 7) is 4.27. The Bertz CT molecular complexity index is 248. The van der Waals surface area contributed by atoms with Crippen molar-refractivity contribution in [3.05, 3.63) is 18.0 Å². The second-order valence-electron chi connectivity index (χ2n) is 3.44. The van der Waals surface area contributed by atoms with Crippen LogP contribution in [0.3, 0.4) is 0 Å². The van der Waals surface area contributed by atoms with E-state index in [1.165, 1.54) is 12.8 Å². The van der Waals surface area contributed by atoms with Crippen molar-refractivity contribution in [2.24, 2.45) is 0 Å². The molecular formula is C9H15N3.